The van der Waals surface area contributed by atoms with E-state index in [-0.39, 0.29) is 30.3 Å². The zero-order chi connectivity index (χ0) is 23.4. The minimum absolute atomic E-state index is 0.113. The first-order chi connectivity index (χ1) is 16.0. The second-order valence-corrected chi connectivity index (χ2v) is 7.54. The average Bonchev–Trinajstić information content (AvgIpc) is 3.22. The molecule has 4 aromatic rings. The van der Waals surface area contributed by atoms with Crippen LogP contribution in [0.4, 0.5) is 5.82 Å². The van der Waals surface area contributed by atoms with Crippen LogP contribution in [-0.2, 0) is 4.79 Å². The lowest BCUT2D eigenvalue weighted by molar-refractivity contribution is -0.116. The third-order valence-corrected chi connectivity index (χ3v) is 5.20. The number of benzene rings is 2. The Morgan fingerprint density at radius 1 is 1.18 bits per heavy atom. The maximum Gasteiger partial charge on any atom is 0.228 e. The molecule has 8 heteroatoms. The highest BCUT2D eigenvalue weighted by Crippen LogP contribution is 2.29. The lowest BCUT2D eigenvalue weighted by atomic mass is 10.1. The van der Waals surface area contributed by atoms with Gasteiger partial charge in [-0.3, -0.25) is 4.79 Å². The number of hydrogen-bond donors (Lipinski definition) is 1. The number of carbonyl (C=O) groups is 1. The van der Waals surface area contributed by atoms with Crippen molar-refractivity contribution in [2.75, 3.05) is 19.0 Å². The van der Waals surface area contributed by atoms with Crippen LogP contribution in [0, 0.1) is 25.2 Å². The monoisotopic (exact) mass is 441 g/mol. The van der Waals surface area contributed by atoms with E-state index in [4.69, 9.17) is 14.5 Å². The molecular formula is C25H23N5O3. The predicted molar refractivity (Wildman–Crippen MR) is 125 cm³/mol. The summed E-state index contributed by atoms with van der Waals surface area (Å²) in [5.74, 6) is 1.76. The van der Waals surface area contributed by atoms with Crippen LogP contribution in [0.5, 0.6) is 11.5 Å². The van der Waals surface area contributed by atoms with Crippen molar-refractivity contribution >= 4 is 22.6 Å². The number of aromatic nitrogens is 3. The van der Waals surface area contributed by atoms with Gasteiger partial charge in [0.1, 0.15) is 28.6 Å². The third kappa shape index (κ3) is 4.62. The zero-order valence-electron chi connectivity index (χ0n) is 18.6. The molecule has 1 amide bonds. The number of aryl methyl sites for hydroxylation is 2. The van der Waals surface area contributed by atoms with E-state index in [1.165, 1.54) is 10.9 Å². The maximum absolute atomic E-state index is 12.6. The summed E-state index contributed by atoms with van der Waals surface area (Å²) in [5.41, 5.74) is 3.01. The van der Waals surface area contributed by atoms with Crippen molar-refractivity contribution in [3.63, 3.8) is 0 Å². The van der Waals surface area contributed by atoms with Crippen LogP contribution in [0.15, 0.2) is 54.7 Å². The molecule has 0 saturated carbocycles. The highest BCUT2D eigenvalue weighted by atomic mass is 16.5. The highest BCUT2D eigenvalue weighted by molar-refractivity contribution is 5.92. The third-order valence-electron chi connectivity index (χ3n) is 5.20. The van der Waals surface area contributed by atoms with Gasteiger partial charge in [-0.2, -0.15) is 15.0 Å². The number of para-hydroxylation sites is 1. The number of nitriles is 1. The second-order valence-electron chi connectivity index (χ2n) is 7.54. The van der Waals surface area contributed by atoms with E-state index in [9.17, 15) is 10.1 Å². The Morgan fingerprint density at radius 3 is 2.70 bits per heavy atom. The molecule has 166 valence electrons. The number of methoxy groups -OCH3 is 1. The summed E-state index contributed by atoms with van der Waals surface area (Å²) < 4.78 is 12.5. The summed E-state index contributed by atoms with van der Waals surface area (Å²) >= 11 is 0. The van der Waals surface area contributed by atoms with Crippen LogP contribution >= 0.6 is 0 Å². The summed E-state index contributed by atoms with van der Waals surface area (Å²) in [6, 6.07) is 17.2. The number of anilines is 1. The number of rotatable bonds is 7. The number of hydrogen-bond acceptors (Lipinski definition) is 6. The normalized spacial score (nSPS) is 10.6. The van der Waals surface area contributed by atoms with Crippen LogP contribution in [0.1, 0.15) is 23.1 Å². The molecule has 0 fully saturated rings. The van der Waals surface area contributed by atoms with E-state index in [2.05, 4.69) is 16.5 Å². The fourth-order valence-corrected chi connectivity index (χ4v) is 3.46. The van der Waals surface area contributed by atoms with Crippen LogP contribution in [0.2, 0.25) is 0 Å². The van der Waals surface area contributed by atoms with Gasteiger partial charge >= 0.3 is 0 Å². The molecular weight excluding hydrogens is 418 g/mol. The van der Waals surface area contributed by atoms with Gasteiger partial charge in [0.2, 0.25) is 5.91 Å². The lowest BCUT2D eigenvalue weighted by Gasteiger charge is -2.13. The van der Waals surface area contributed by atoms with Crippen molar-refractivity contribution in [3.8, 4) is 23.4 Å². The Morgan fingerprint density at radius 2 is 1.97 bits per heavy atom. The quantitative estimate of drug-likeness (QED) is 0.458. The Bertz CT molecular complexity index is 1350. The van der Waals surface area contributed by atoms with Crippen molar-refractivity contribution in [2.24, 2.45) is 0 Å². The first-order valence-corrected chi connectivity index (χ1v) is 10.4. The molecule has 0 atom stereocenters. The van der Waals surface area contributed by atoms with Crippen molar-refractivity contribution in [2.45, 2.75) is 20.3 Å². The van der Waals surface area contributed by atoms with Gasteiger partial charge in [-0.15, -0.1) is 0 Å². The maximum atomic E-state index is 12.6. The van der Waals surface area contributed by atoms with Gasteiger partial charge < -0.3 is 14.8 Å². The number of pyridine rings is 1. The summed E-state index contributed by atoms with van der Waals surface area (Å²) in [5, 5.41) is 17.6. The summed E-state index contributed by atoms with van der Waals surface area (Å²) in [6.07, 6.45) is 1.52. The standard InChI is InChI=1S/C25H23N5O3/c1-16-7-9-19(10-8-16)33-12-11-23(31)29-25-18(14-26)15-27-30(25)22-13-17(2)20-5-4-6-21(32-3)24(20)28-22/h4-10,13,15H,11-12H2,1-3H3,(H,29,31). The number of nitrogens with one attached hydrogen (secondary N) is 1. The number of amides is 1. The van der Waals surface area contributed by atoms with E-state index in [0.29, 0.717) is 22.8 Å². The van der Waals surface area contributed by atoms with Crippen LogP contribution in [0.25, 0.3) is 16.7 Å². The van der Waals surface area contributed by atoms with Crippen molar-refractivity contribution in [3.05, 3.63) is 71.4 Å². The first kappa shape index (κ1) is 21.8. The molecule has 2 aromatic heterocycles. The predicted octanol–water partition coefficient (Wildman–Crippen LogP) is 4.33. The molecule has 0 aliphatic heterocycles. The van der Waals surface area contributed by atoms with E-state index in [1.807, 2.05) is 62.4 Å². The van der Waals surface area contributed by atoms with Gasteiger partial charge in [-0.1, -0.05) is 29.8 Å². The number of nitrogens with zero attached hydrogens (tertiary/aromatic N) is 4. The SMILES string of the molecule is COc1cccc2c(C)cc(-n3ncc(C#N)c3NC(=O)CCOc3ccc(C)cc3)nc12. The average molecular weight is 441 g/mol. The fraction of sp³-hybridized carbons (Fsp3) is 0.200. The summed E-state index contributed by atoms with van der Waals surface area (Å²) in [6.45, 7) is 4.16. The van der Waals surface area contributed by atoms with Crippen LogP contribution in [-0.4, -0.2) is 34.4 Å². The summed E-state index contributed by atoms with van der Waals surface area (Å²) in [4.78, 5) is 17.3. The molecule has 0 spiro atoms. The molecule has 0 bridgehead atoms. The first-order valence-electron chi connectivity index (χ1n) is 10.4. The molecule has 0 aliphatic rings. The van der Waals surface area contributed by atoms with E-state index < -0.39 is 0 Å². The molecule has 1 N–H and O–H groups in total. The van der Waals surface area contributed by atoms with Crippen LogP contribution in [0.3, 0.4) is 0 Å². The Balaban J connectivity index is 1.57. The molecule has 8 nitrogen and oxygen atoms in total. The Hall–Kier alpha value is -4.38. The van der Waals surface area contributed by atoms with Crippen molar-refractivity contribution < 1.29 is 14.3 Å². The number of carbonyl (C=O) groups excluding carboxylic acids is 1. The topological polar surface area (TPSA) is 102 Å². The minimum Gasteiger partial charge on any atom is -0.494 e. The van der Waals surface area contributed by atoms with Gasteiger partial charge in [0.15, 0.2) is 11.6 Å². The van der Waals surface area contributed by atoms with Crippen molar-refractivity contribution in [1.29, 1.82) is 5.26 Å². The number of fused-ring (bicyclic) bond motifs is 1. The molecule has 2 heterocycles. The molecule has 0 aliphatic carbocycles. The molecule has 4 rings (SSSR count). The van der Waals surface area contributed by atoms with E-state index in [1.54, 1.807) is 7.11 Å². The molecule has 0 radical (unpaired) electrons. The van der Waals surface area contributed by atoms with Gasteiger partial charge in [-0.05, 0) is 43.7 Å². The largest absolute Gasteiger partial charge is 0.494 e. The smallest absolute Gasteiger partial charge is 0.228 e. The van der Waals surface area contributed by atoms with E-state index >= 15 is 0 Å². The Kier molecular flexibility index (Phi) is 6.22. The summed E-state index contributed by atoms with van der Waals surface area (Å²) in [7, 11) is 1.59. The molecule has 0 unspecified atom stereocenters. The Labute approximate surface area is 191 Å². The molecule has 2 aromatic carbocycles. The molecule has 0 saturated heterocycles. The van der Waals surface area contributed by atoms with Crippen LogP contribution < -0.4 is 14.8 Å². The van der Waals surface area contributed by atoms with E-state index in [0.717, 1.165) is 16.5 Å². The minimum atomic E-state index is -0.296. The second kappa shape index (κ2) is 9.40. The molecule has 33 heavy (non-hydrogen) atoms. The van der Waals surface area contributed by atoms with Gasteiger partial charge in [0.25, 0.3) is 0 Å². The number of ether oxygens (including phenoxy) is 2. The van der Waals surface area contributed by atoms with Gasteiger partial charge in [0, 0.05) is 5.39 Å². The fourth-order valence-electron chi connectivity index (χ4n) is 3.46. The van der Waals surface area contributed by atoms with Crippen molar-refractivity contribution in [1.82, 2.24) is 14.8 Å². The zero-order valence-corrected chi connectivity index (χ0v) is 18.6. The van der Waals surface area contributed by atoms with Gasteiger partial charge in [-0.25, -0.2) is 4.98 Å². The van der Waals surface area contributed by atoms with Gasteiger partial charge in [0.05, 0.1) is 26.3 Å². The highest BCUT2D eigenvalue weighted by Gasteiger charge is 2.18. The lowest BCUT2D eigenvalue weighted by Crippen LogP contribution is -2.18.